The van der Waals surface area contributed by atoms with Gasteiger partial charge in [-0.25, -0.2) is 8.42 Å². The van der Waals surface area contributed by atoms with Gasteiger partial charge in [0.1, 0.15) is 5.75 Å². The van der Waals surface area contributed by atoms with Crippen molar-refractivity contribution in [1.29, 1.82) is 0 Å². The van der Waals surface area contributed by atoms with E-state index in [1.807, 2.05) is 0 Å². The summed E-state index contributed by atoms with van der Waals surface area (Å²) in [6.07, 6.45) is 1.80. The highest BCUT2D eigenvalue weighted by Crippen LogP contribution is 2.26. The first-order valence-corrected chi connectivity index (χ1v) is 9.38. The van der Waals surface area contributed by atoms with Crippen LogP contribution in [0.15, 0.2) is 23.1 Å². The average molecular weight is 356 g/mol. The van der Waals surface area contributed by atoms with E-state index in [4.69, 9.17) is 9.47 Å². The number of methoxy groups -OCH3 is 1. The lowest BCUT2D eigenvalue weighted by atomic mass is 10.2. The molecule has 8 heteroatoms. The Bertz CT molecular complexity index is 669. The van der Waals surface area contributed by atoms with Gasteiger partial charge in [-0.1, -0.05) is 0 Å². The van der Waals surface area contributed by atoms with Gasteiger partial charge in [-0.2, -0.15) is 4.31 Å². The van der Waals surface area contributed by atoms with E-state index in [1.165, 1.54) is 10.4 Å². The number of carbonyl (C=O) groups excluding carboxylic acids is 1. The molecule has 1 fully saturated rings. The Morgan fingerprint density at radius 1 is 1.29 bits per heavy atom. The molecule has 0 atom stereocenters. The summed E-state index contributed by atoms with van der Waals surface area (Å²) in [5, 5.41) is 2.65. The Balaban J connectivity index is 1.98. The van der Waals surface area contributed by atoms with Crippen molar-refractivity contribution < 1.29 is 22.7 Å². The van der Waals surface area contributed by atoms with Gasteiger partial charge in [0.25, 0.3) is 5.91 Å². The van der Waals surface area contributed by atoms with Gasteiger partial charge in [-0.3, -0.25) is 4.79 Å². The summed E-state index contributed by atoms with van der Waals surface area (Å²) in [6, 6.07) is 4.71. The number of sulfonamides is 1. The van der Waals surface area contributed by atoms with Crippen LogP contribution in [0.2, 0.25) is 0 Å². The number of hydrogen-bond donors (Lipinski definition) is 1. The smallest absolute Gasteiger partial charge is 0.258 e. The number of aryl methyl sites for hydroxylation is 1. The number of rotatable bonds is 8. The molecule has 0 aliphatic carbocycles. The van der Waals surface area contributed by atoms with Crippen LogP contribution in [-0.4, -0.2) is 58.6 Å². The van der Waals surface area contributed by atoms with Crippen LogP contribution in [0.25, 0.3) is 0 Å². The third-order valence-corrected chi connectivity index (χ3v) is 5.73. The highest BCUT2D eigenvalue weighted by molar-refractivity contribution is 7.89. The summed E-state index contributed by atoms with van der Waals surface area (Å²) in [6.45, 7) is 3.64. The predicted molar refractivity (Wildman–Crippen MR) is 89.6 cm³/mol. The van der Waals surface area contributed by atoms with E-state index in [9.17, 15) is 13.2 Å². The molecule has 0 spiro atoms. The molecule has 2 rings (SSSR count). The molecule has 1 N–H and O–H groups in total. The number of ether oxygens (including phenoxy) is 2. The zero-order chi connectivity index (χ0) is 17.6. The molecule has 1 aliphatic heterocycles. The molecular weight excluding hydrogens is 332 g/mol. The van der Waals surface area contributed by atoms with Crippen molar-refractivity contribution in [3.8, 4) is 5.75 Å². The summed E-state index contributed by atoms with van der Waals surface area (Å²) < 4.78 is 36.9. The summed E-state index contributed by atoms with van der Waals surface area (Å²) >= 11 is 0. The lowest BCUT2D eigenvalue weighted by Gasteiger charge is -2.17. The normalized spacial score (nSPS) is 15.4. The lowest BCUT2D eigenvalue weighted by molar-refractivity contribution is -0.123. The van der Waals surface area contributed by atoms with Gasteiger partial charge in [0.2, 0.25) is 10.0 Å². The molecule has 0 radical (unpaired) electrons. The van der Waals surface area contributed by atoms with Crippen LogP contribution in [0.5, 0.6) is 5.75 Å². The number of hydrogen-bond acceptors (Lipinski definition) is 5. The van der Waals surface area contributed by atoms with E-state index in [-0.39, 0.29) is 17.4 Å². The van der Waals surface area contributed by atoms with Crippen molar-refractivity contribution in [2.75, 3.05) is 40.0 Å². The number of nitrogens with one attached hydrogen (secondary N) is 1. The van der Waals surface area contributed by atoms with Crippen LogP contribution in [0, 0.1) is 6.92 Å². The molecule has 134 valence electrons. The van der Waals surface area contributed by atoms with E-state index >= 15 is 0 Å². The Morgan fingerprint density at radius 3 is 2.62 bits per heavy atom. The fraction of sp³-hybridized carbons (Fsp3) is 0.562. The van der Waals surface area contributed by atoms with E-state index in [0.29, 0.717) is 37.6 Å². The summed E-state index contributed by atoms with van der Waals surface area (Å²) in [4.78, 5) is 11.9. The van der Waals surface area contributed by atoms with Crippen LogP contribution < -0.4 is 10.1 Å². The topological polar surface area (TPSA) is 84.9 Å². The molecule has 1 aromatic rings. The highest BCUT2D eigenvalue weighted by atomic mass is 32.2. The first kappa shape index (κ1) is 18.7. The largest absolute Gasteiger partial charge is 0.484 e. The fourth-order valence-corrected chi connectivity index (χ4v) is 4.11. The highest BCUT2D eigenvalue weighted by Gasteiger charge is 2.27. The van der Waals surface area contributed by atoms with Gasteiger partial charge >= 0.3 is 0 Å². The zero-order valence-corrected chi connectivity index (χ0v) is 14.9. The first-order valence-electron chi connectivity index (χ1n) is 7.94. The second-order valence-electron chi connectivity index (χ2n) is 5.67. The van der Waals surface area contributed by atoms with Crippen molar-refractivity contribution in [2.45, 2.75) is 24.7 Å². The molecule has 0 saturated carbocycles. The number of carbonyl (C=O) groups is 1. The van der Waals surface area contributed by atoms with Crippen molar-refractivity contribution in [3.63, 3.8) is 0 Å². The summed E-state index contributed by atoms with van der Waals surface area (Å²) in [7, 11) is -1.88. The predicted octanol–water partition coefficient (Wildman–Crippen LogP) is 0.921. The van der Waals surface area contributed by atoms with Crippen LogP contribution in [0.4, 0.5) is 0 Å². The maximum Gasteiger partial charge on any atom is 0.258 e. The zero-order valence-electron chi connectivity index (χ0n) is 14.1. The van der Waals surface area contributed by atoms with Crippen LogP contribution in [-0.2, 0) is 19.6 Å². The van der Waals surface area contributed by atoms with Crippen LogP contribution >= 0.6 is 0 Å². The standard InChI is InChI=1S/C16H24N2O5S/c1-13-11-14(24(20,21)18-8-3-4-9-18)5-6-15(13)23-12-16(19)17-7-10-22-2/h5-6,11H,3-4,7-10,12H2,1-2H3,(H,17,19). The quantitative estimate of drug-likeness (QED) is 0.700. The van der Waals surface area contributed by atoms with Crippen molar-refractivity contribution in [3.05, 3.63) is 23.8 Å². The molecule has 1 aromatic carbocycles. The number of nitrogens with zero attached hydrogens (tertiary/aromatic N) is 1. The van der Waals surface area contributed by atoms with Crippen LogP contribution in [0.3, 0.4) is 0 Å². The maximum absolute atomic E-state index is 12.5. The minimum atomic E-state index is -3.44. The lowest BCUT2D eigenvalue weighted by Crippen LogP contribution is -2.31. The Hall–Kier alpha value is -1.64. The molecular formula is C16H24N2O5S. The van der Waals surface area contributed by atoms with E-state index in [2.05, 4.69) is 5.32 Å². The Labute approximate surface area is 143 Å². The minimum absolute atomic E-state index is 0.122. The van der Waals surface area contributed by atoms with Gasteiger partial charge in [-0.05, 0) is 43.5 Å². The number of benzene rings is 1. The number of amides is 1. The molecule has 24 heavy (non-hydrogen) atoms. The maximum atomic E-state index is 12.5. The van der Waals surface area contributed by atoms with Gasteiger partial charge < -0.3 is 14.8 Å². The first-order chi connectivity index (χ1) is 11.4. The van der Waals surface area contributed by atoms with Crippen molar-refractivity contribution >= 4 is 15.9 Å². The molecule has 1 saturated heterocycles. The third-order valence-electron chi connectivity index (χ3n) is 3.84. The van der Waals surface area contributed by atoms with Crippen LogP contribution in [0.1, 0.15) is 18.4 Å². The van der Waals surface area contributed by atoms with Gasteiger partial charge in [-0.15, -0.1) is 0 Å². The van der Waals surface area contributed by atoms with E-state index in [0.717, 1.165) is 12.8 Å². The molecule has 1 amide bonds. The molecule has 1 heterocycles. The third kappa shape index (κ3) is 4.68. The molecule has 1 aliphatic rings. The second kappa shape index (κ2) is 8.46. The Morgan fingerprint density at radius 2 is 2.00 bits per heavy atom. The second-order valence-corrected chi connectivity index (χ2v) is 7.61. The van der Waals surface area contributed by atoms with E-state index in [1.54, 1.807) is 26.2 Å². The molecule has 7 nitrogen and oxygen atoms in total. The summed E-state index contributed by atoms with van der Waals surface area (Å²) in [5.41, 5.74) is 0.681. The van der Waals surface area contributed by atoms with Gasteiger partial charge in [0.15, 0.2) is 6.61 Å². The van der Waals surface area contributed by atoms with Gasteiger partial charge in [0.05, 0.1) is 11.5 Å². The summed E-state index contributed by atoms with van der Waals surface area (Å²) in [5.74, 6) is 0.248. The minimum Gasteiger partial charge on any atom is -0.484 e. The Kier molecular flexibility index (Phi) is 6.59. The van der Waals surface area contributed by atoms with Crippen molar-refractivity contribution in [1.82, 2.24) is 9.62 Å². The van der Waals surface area contributed by atoms with E-state index < -0.39 is 10.0 Å². The van der Waals surface area contributed by atoms with Crippen molar-refractivity contribution in [2.24, 2.45) is 0 Å². The monoisotopic (exact) mass is 356 g/mol. The molecule has 0 unspecified atom stereocenters. The SMILES string of the molecule is COCCNC(=O)COc1ccc(S(=O)(=O)N2CCCC2)cc1C. The molecule has 0 bridgehead atoms. The van der Waals surface area contributed by atoms with Gasteiger partial charge in [0, 0.05) is 26.7 Å². The average Bonchev–Trinajstić information content (AvgIpc) is 3.09. The molecule has 0 aromatic heterocycles. The fourth-order valence-electron chi connectivity index (χ4n) is 2.51.